The number of aromatic nitrogens is 3. The van der Waals surface area contributed by atoms with Gasteiger partial charge in [0, 0.05) is 41.5 Å². The van der Waals surface area contributed by atoms with E-state index in [1.54, 1.807) is 42.7 Å². The van der Waals surface area contributed by atoms with Gasteiger partial charge < -0.3 is 10.4 Å². The molecule has 2 heterocycles. The molecule has 3 aromatic rings. The number of hydrogen-bond acceptors (Lipinski definition) is 4. The highest BCUT2D eigenvalue weighted by Gasteiger charge is 2.24. The van der Waals surface area contributed by atoms with E-state index in [0.29, 0.717) is 11.7 Å². The fourth-order valence-electron chi connectivity index (χ4n) is 2.86. The van der Waals surface area contributed by atoms with Gasteiger partial charge in [-0.15, -0.1) is 0 Å². The first kappa shape index (κ1) is 17.2. The predicted octanol–water partition coefficient (Wildman–Crippen LogP) is 3.42. The third-order valence-electron chi connectivity index (χ3n) is 4.50. The summed E-state index contributed by atoms with van der Waals surface area (Å²) in [6.45, 7) is -0.0186. The van der Waals surface area contributed by atoms with E-state index in [-0.39, 0.29) is 12.5 Å². The van der Waals surface area contributed by atoms with Crippen molar-refractivity contribution in [2.24, 2.45) is 0 Å². The van der Waals surface area contributed by atoms with Crippen LogP contribution in [0.2, 0.25) is 0 Å². The summed E-state index contributed by atoms with van der Waals surface area (Å²) in [5.74, 6) is -0.227. The topological polar surface area (TPSA) is 80.0 Å². The van der Waals surface area contributed by atoms with Crippen LogP contribution in [0.15, 0.2) is 61.2 Å². The lowest BCUT2D eigenvalue weighted by Gasteiger charge is -2.04. The van der Waals surface area contributed by atoms with Crippen molar-refractivity contribution in [3.05, 3.63) is 72.3 Å². The molecule has 0 aliphatic heterocycles. The minimum absolute atomic E-state index is 0.0186. The molecule has 0 spiro atoms. The lowest BCUT2D eigenvalue weighted by atomic mass is 10.0. The first-order valence-corrected chi connectivity index (χ1v) is 8.90. The van der Waals surface area contributed by atoms with E-state index in [0.717, 1.165) is 22.3 Å². The third-order valence-corrected chi connectivity index (χ3v) is 4.50. The molecule has 0 unspecified atom stereocenters. The van der Waals surface area contributed by atoms with Crippen LogP contribution >= 0.6 is 0 Å². The van der Waals surface area contributed by atoms with Gasteiger partial charge in [-0.25, -0.2) is 0 Å². The van der Waals surface area contributed by atoms with Crippen molar-refractivity contribution in [3.63, 3.8) is 0 Å². The van der Waals surface area contributed by atoms with Crippen molar-refractivity contribution >= 4 is 17.7 Å². The smallest absolute Gasteiger partial charge is 0.248 e. The van der Waals surface area contributed by atoms with Gasteiger partial charge in [0.15, 0.2) is 0 Å². The molecule has 1 saturated carbocycles. The summed E-state index contributed by atoms with van der Waals surface area (Å²) in [6.07, 6.45) is 13.0. The maximum atomic E-state index is 12.2. The van der Waals surface area contributed by atoms with Gasteiger partial charge in [-0.2, -0.15) is 5.10 Å². The Morgan fingerprint density at radius 2 is 2.04 bits per heavy atom. The number of amides is 1. The van der Waals surface area contributed by atoms with Gasteiger partial charge in [0.1, 0.15) is 0 Å². The summed E-state index contributed by atoms with van der Waals surface area (Å²) in [5.41, 5.74) is 4.35. The van der Waals surface area contributed by atoms with Crippen molar-refractivity contribution < 1.29 is 9.90 Å². The summed E-state index contributed by atoms with van der Waals surface area (Å²) >= 11 is 0. The number of anilines is 1. The fraction of sp³-hybridized carbons (Fsp3) is 0.190. The first-order chi connectivity index (χ1) is 13.2. The highest BCUT2D eigenvalue weighted by atomic mass is 16.3. The number of nitrogens with zero attached hydrogens (tertiary/aromatic N) is 3. The Labute approximate surface area is 157 Å². The zero-order valence-electron chi connectivity index (χ0n) is 14.7. The van der Waals surface area contributed by atoms with Gasteiger partial charge in [0.2, 0.25) is 5.91 Å². The monoisotopic (exact) mass is 360 g/mol. The van der Waals surface area contributed by atoms with Crippen molar-refractivity contribution in [1.29, 1.82) is 0 Å². The van der Waals surface area contributed by atoms with Crippen LogP contribution in [0, 0.1) is 0 Å². The highest BCUT2D eigenvalue weighted by molar-refractivity contribution is 6.02. The average Bonchev–Trinajstić information content (AvgIpc) is 3.44. The zero-order chi connectivity index (χ0) is 18.6. The van der Waals surface area contributed by atoms with Crippen LogP contribution in [0.5, 0.6) is 0 Å². The van der Waals surface area contributed by atoms with Crippen molar-refractivity contribution in [2.45, 2.75) is 25.5 Å². The number of pyridine rings is 1. The second-order valence-electron chi connectivity index (χ2n) is 6.58. The van der Waals surface area contributed by atoms with Crippen LogP contribution < -0.4 is 5.32 Å². The van der Waals surface area contributed by atoms with Gasteiger partial charge in [-0.3, -0.25) is 14.5 Å². The number of carbonyl (C=O) groups is 1. The molecule has 0 bridgehead atoms. The largest absolute Gasteiger partial charge is 0.392 e. The molecular formula is C21H20N4O2. The molecule has 1 aliphatic rings. The minimum atomic E-state index is -0.227. The molecule has 0 atom stereocenters. The van der Waals surface area contributed by atoms with Gasteiger partial charge in [-0.05, 0) is 48.2 Å². The maximum Gasteiger partial charge on any atom is 0.248 e. The van der Waals surface area contributed by atoms with Crippen molar-refractivity contribution in [2.75, 3.05) is 5.32 Å². The second kappa shape index (κ2) is 7.55. The molecule has 0 radical (unpaired) electrons. The van der Waals surface area contributed by atoms with Crippen LogP contribution in [0.3, 0.4) is 0 Å². The fourth-order valence-corrected chi connectivity index (χ4v) is 2.86. The summed E-state index contributed by atoms with van der Waals surface area (Å²) in [6, 6.07) is 9.53. The van der Waals surface area contributed by atoms with Crippen LogP contribution in [0.1, 0.15) is 30.0 Å². The highest BCUT2D eigenvalue weighted by Crippen LogP contribution is 2.35. The molecule has 27 heavy (non-hydrogen) atoms. The number of benzene rings is 1. The number of hydrogen-bond donors (Lipinski definition) is 2. The molecule has 0 saturated heterocycles. The summed E-state index contributed by atoms with van der Waals surface area (Å²) in [5, 5.41) is 16.3. The SMILES string of the molecule is O=C(/C=C/c1cnccc1-c1cnn(C2CC2)c1)Nc1ccc(CO)cc1. The normalized spacial score (nSPS) is 13.8. The predicted molar refractivity (Wildman–Crippen MR) is 104 cm³/mol. The van der Waals surface area contributed by atoms with Gasteiger partial charge in [0.05, 0.1) is 18.8 Å². The Bertz CT molecular complexity index is 972. The number of aliphatic hydroxyl groups is 1. The molecule has 1 amide bonds. The van der Waals surface area contributed by atoms with Gasteiger partial charge in [0.25, 0.3) is 0 Å². The van der Waals surface area contributed by atoms with Crippen molar-refractivity contribution in [3.8, 4) is 11.1 Å². The number of nitrogens with one attached hydrogen (secondary N) is 1. The molecule has 1 aromatic carbocycles. The first-order valence-electron chi connectivity index (χ1n) is 8.90. The number of aliphatic hydroxyl groups excluding tert-OH is 1. The molecule has 136 valence electrons. The molecule has 6 nitrogen and oxygen atoms in total. The Morgan fingerprint density at radius 3 is 2.78 bits per heavy atom. The van der Waals surface area contributed by atoms with E-state index in [2.05, 4.69) is 15.4 Å². The third kappa shape index (κ3) is 4.12. The van der Waals surface area contributed by atoms with E-state index >= 15 is 0 Å². The average molecular weight is 360 g/mol. The van der Waals surface area contributed by atoms with Gasteiger partial charge >= 0.3 is 0 Å². The van der Waals surface area contributed by atoms with Crippen LogP contribution in [-0.4, -0.2) is 25.8 Å². The Morgan fingerprint density at radius 1 is 1.22 bits per heavy atom. The van der Waals surface area contributed by atoms with E-state index in [1.165, 1.54) is 18.9 Å². The molecule has 4 rings (SSSR count). The number of rotatable bonds is 6. The molecule has 2 aromatic heterocycles. The van der Waals surface area contributed by atoms with Crippen LogP contribution in [-0.2, 0) is 11.4 Å². The Balaban J connectivity index is 1.48. The minimum Gasteiger partial charge on any atom is -0.392 e. The Kier molecular flexibility index (Phi) is 4.80. The lowest BCUT2D eigenvalue weighted by Crippen LogP contribution is -2.07. The van der Waals surface area contributed by atoms with Crippen LogP contribution in [0.4, 0.5) is 5.69 Å². The van der Waals surface area contributed by atoms with Crippen LogP contribution in [0.25, 0.3) is 17.2 Å². The molecule has 1 aliphatic carbocycles. The lowest BCUT2D eigenvalue weighted by molar-refractivity contribution is -0.111. The molecule has 6 heteroatoms. The van der Waals surface area contributed by atoms with E-state index < -0.39 is 0 Å². The molecular weight excluding hydrogens is 340 g/mol. The summed E-state index contributed by atoms with van der Waals surface area (Å²) < 4.78 is 2.01. The second-order valence-corrected chi connectivity index (χ2v) is 6.58. The van der Waals surface area contributed by atoms with Crippen molar-refractivity contribution in [1.82, 2.24) is 14.8 Å². The van der Waals surface area contributed by atoms with Gasteiger partial charge in [-0.1, -0.05) is 12.1 Å². The number of carbonyl (C=O) groups excluding carboxylic acids is 1. The standard InChI is InChI=1S/C21H20N4O2/c26-14-15-1-4-18(5-2-15)24-21(27)8-3-16-11-22-10-9-20(16)17-12-23-25(13-17)19-6-7-19/h1-5,8-13,19,26H,6-7,14H2,(H,24,27)/b8-3+. The molecule has 2 N–H and O–H groups in total. The summed E-state index contributed by atoms with van der Waals surface area (Å²) in [4.78, 5) is 16.4. The molecule has 1 fully saturated rings. The van der Waals surface area contributed by atoms with E-state index in [9.17, 15) is 4.79 Å². The van der Waals surface area contributed by atoms with E-state index in [1.807, 2.05) is 23.1 Å². The zero-order valence-corrected chi connectivity index (χ0v) is 14.7. The Hall–Kier alpha value is -3.25. The summed E-state index contributed by atoms with van der Waals surface area (Å²) in [7, 11) is 0. The quantitative estimate of drug-likeness (QED) is 0.660. The van der Waals surface area contributed by atoms with E-state index in [4.69, 9.17) is 5.11 Å². The maximum absolute atomic E-state index is 12.2.